The minimum atomic E-state index is -0.360. The van der Waals surface area contributed by atoms with Gasteiger partial charge in [0.25, 0.3) is 5.91 Å². The second-order valence-electron chi connectivity index (χ2n) is 9.32. The number of carbonyl (C=O) groups is 3. The Morgan fingerprint density at radius 1 is 0.939 bits per heavy atom. The number of hydrogen-bond donors (Lipinski definition) is 0. The summed E-state index contributed by atoms with van der Waals surface area (Å²) in [5.41, 5.74) is 2.64. The summed E-state index contributed by atoms with van der Waals surface area (Å²) in [4.78, 5) is 42.8. The number of methoxy groups -OCH3 is 1. The number of hydrogen-bond acceptors (Lipinski definition) is 4. The van der Waals surface area contributed by atoms with Crippen molar-refractivity contribution in [3.8, 4) is 0 Å². The fourth-order valence-corrected chi connectivity index (χ4v) is 5.74. The van der Waals surface area contributed by atoms with Gasteiger partial charge in [0.15, 0.2) is 0 Å². The highest BCUT2D eigenvalue weighted by Gasteiger charge is 2.51. The van der Waals surface area contributed by atoms with Gasteiger partial charge in [0.2, 0.25) is 5.91 Å². The number of rotatable bonds is 6. The van der Waals surface area contributed by atoms with Gasteiger partial charge < -0.3 is 14.5 Å². The van der Waals surface area contributed by atoms with E-state index in [2.05, 4.69) is 11.0 Å². The molecule has 172 valence electrons. The summed E-state index contributed by atoms with van der Waals surface area (Å²) < 4.78 is 4.76. The largest absolute Gasteiger partial charge is 0.469 e. The average molecular weight is 447 g/mol. The van der Waals surface area contributed by atoms with E-state index in [0.29, 0.717) is 5.56 Å². The van der Waals surface area contributed by atoms with Crippen molar-refractivity contribution in [3.05, 3.63) is 65.7 Å². The number of fused-ring (bicyclic) bond motifs is 2. The molecule has 2 aliphatic carbocycles. The maximum Gasteiger partial charge on any atom is 0.306 e. The van der Waals surface area contributed by atoms with Crippen molar-refractivity contribution in [1.29, 1.82) is 0 Å². The van der Waals surface area contributed by atoms with E-state index in [9.17, 15) is 14.4 Å². The molecule has 2 saturated carbocycles. The summed E-state index contributed by atoms with van der Waals surface area (Å²) in [6.07, 6.45) is 5.19. The van der Waals surface area contributed by atoms with Gasteiger partial charge in [0.05, 0.1) is 19.6 Å². The van der Waals surface area contributed by atoms with Gasteiger partial charge in [0.1, 0.15) is 0 Å². The molecule has 6 heteroatoms. The first-order valence-electron chi connectivity index (χ1n) is 12.0. The molecule has 33 heavy (non-hydrogen) atoms. The molecule has 0 bridgehead atoms. The number of nitrogens with zero attached hydrogens (tertiary/aromatic N) is 2. The van der Waals surface area contributed by atoms with E-state index in [0.717, 1.165) is 43.4 Å². The predicted octanol–water partition coefficient (Wildman–Crippen LogP) is 4.50. The molecule has 6 nitrogen and oxygen atoms in total. The van der Waals surface area contributed by atoms with Crippen molar-refractivity contribution in [2.45, 2.75) is 63.1 Å². The number of carbonyl (C=O) groups excluding carboxylic acids is 3. The van der Waals surface area contributed by atoms with Gasteiger partial charge in [-0.3, -0.25) is 14.4 Å². The summed E-state index contributed by atoms with van der Waals surface area (Å²) in [5, 5.41) is 0. The van der Waals surface area contributed by atoms with Crippen LogP contribution in [0.15, 0.2) is 54.6 Å². The van der Waals surface area contributed by atoms with Gasteiger partial charge in [-0.25, -0.2) is 0 Å². The van der Waals surface area contributed by atoms with Crippen LogP contribution in [0.25, 0.3) is 0 Å². The third-order valence-electron chi connectivity index (χ3n) is 7.32. The fourth-order valence-electron chi connectivity index (χ4n) is 5.74. The lowest BCUT2D eigenvalue weighted by molar-refractivity contribution is -0.145. The van der Waals surface area contributed by atoms with Crippen LogP contribution in [-0.4, -0.2) is 41.9 Å². The van der Waals surface area contributed by atoms with Crippen molar-refractivity contribution in [3.63, 3.8) is 0 Å². The van der Waals surface area contributed by atoms with Crippen LogP contribution < -0.4 is 4.90 Å². The molecule has 3 aliphatic rings. The zero-order chi connectivity index (χ0) is 22.9. The Bertz CT molecular complexity index is 1050. The van der Waals surface area contributed by atoms with E-state index in [4.69, 9.17) is 4.74 Å². The number of amides is 2. The Kier molecular flexibility index (Phi) is 5.92. The molecule has 0 unspecified atom stereocenters. The number of ether oxygens (including phenoxy) is 1. The molecule has 1 aliphatic heterocycles. The highest BCUT2D eigenvalue weighted by Crippen LogP contribution is 2.52. The summed E-state index contributed by atoms with van der Waals surface area (Å²) >= 11 is 0. The van der Waals surface area contributed by atoms with E-state index in [1.807, 2.05) is 53.4 Å². The van der Waals surface area contributed by atoms with Gasteiger partial charge in [-0.1, -0.05) is 42.8 Å². The Labute approximate surface area is 194 Å². The van der Waals surface area contributed by atoms with Crippen LogP contribution in [-0.2, 0) is 14.3 Å². The Balaban J connectivity index is 1.53. The first kappa shape index (κ1) is 21.7. The molecule has 2 fully saturated rings. The molecule has 0 radical (unpaired) electrons. The minimum Gasteiger partial charge on any atom is -0.469 e. The van der Waals surface area contributed by atoms with Crippen LogP contribution in [0.3, 0.4) is 0 Å². The summed E-state index contributed by atoms with van der Waals surface area (Å²) in [5.74, 6) is -0.138. The van der Waals surface area contributed by atoms with Crippen LogP contribution in [0.1, 0.15) is 66.9 Å². The highest BCUT2D eigenvalue weighted by molar-refractivity contribution is 6.07. The number of para-hydroxylation sites is 1. The smallest absolute Gasteiger partial charge is 0.306 e. The fraction of sp³-hybridized carbons (Fsp3) is 0.444. The van der Waals surface area contributed by atoms with Crippen LogP contribution in [0.4, 0.5) is 5.69 Å². The zero-order valence-corrected chi connectivity index (χ0v) is 19.0. The average Bonchev–Trinajstić information content (AvgIpc) is 3.57. The summed E-state index contributed by atoms with van der Waals surface area (Å²) in [6, 6.07) is 17.7. The topological polar surface area (TPSA) is 66.9 Å². The van der Waals surface area contributed by atoms with E-state index in [1.165, 1.54) is 7.11 Å². The first-order valence-corrected chi connectivity index (χ1v) is 12.0. The standard InChI is InChI=1S/C27H30N2O4/c1-33-25(31)17-16-24(30)28(19-14-15-19)26-20-10-5-6-12-22(20)29(23-13-7-11-21(23)26)27(32)18-8-3-2-4-9-18/h2-6,8-10,12,19,21,23,26H,7,11,13-17H2,1H3/t21-,23+,26-/m0/s1. The minimum absolute atomic E-state index is 0.0104. The molecule has 5 rings (SSSR count). The SMILES string of the molecule is COC(=O)CCC(=O)N(C1CC1)[C@H]1c2ccccc2N(C(=O)c2ccccc2)[C@@H]2CCC[C@@H]21. The van der Waals surface area contributed by atoms with E-state index >= 15 is 0 Å². The molecular formula is C27H30N2O4. The van der Waals surface area contributed by atoms with Crippen molar-refractivity contribution in [2.24, 2.45) is 5.92 Å². The Morgan fingerprint density at radius 3 is 2.39 bits per heavy atom. The highest BCUT2D eigenvalue weighted by atomic mass is 16.5. The van der Waals surface area contributed by atoms with Crippen LogP contribution in [0, 0.1) is 5.92 Å². The monoisotopic (exact) mass is 446 g/mol. The molecule has 0 saturated heterocycles. The van der Waals surface area contributed by atoms with Gasteiger partial charge in [-0.2, -0.15) is 0 Å². The summed E-state index contributed by atoms with van der Waals surface area (Å²) in [7, 11) is 1.35. The Morgan fingerprint density at radius 2 is 1.67 bits per heavy atom. The lowest BCUT2D eigenvalue weighted by Crippen LogP contribution is -2.52. The van der Waals surface area contributed by atoms with Crippen LogP contribution >= 0.6 is 0 Å². The predicted molar refractivity (Wildman–Crippen MR) is 125 cm³/mol. The lowest BCUT2D eigenvalue weighted by atomic mass is 9.81. The van der Waals surface area contributed by atoms with Crippen molar-refractivity contribution >= 4 is 23.5 Å². The van der Waals surface area contributed by atoms with E-state index in [1.54, 1.807) is 0 Å². The van der Waals surface area contributed by atoms with Crippen LogP contribution in [0.5, 0.6) is 0 Å². The first-order chi connectivity index (χ1) is 16.1. The Hall–Kier alpha value is -3.15. The molecule has 2 aromatic rings. The van der Waals surface area contributed by atoms with Crippen molar-refractivity contribution in [2.75, 3.05) is 12.0 Å². The van der Waals surface area contributed by atoms with Crippen LogP contribution in [0.2, 0.25) is 0 Å². The molecule has 2 aromatic carbocycles. The molecule has 2 amide bonds. The number of benzene rings is 2. The third kappa shape index (κ3) is 4.03. The van der Waals surface area contributed by atoms with E-state index in [-0.39, 0.29) is 54.7 Å². The van der Waals surface area contributed by atoms with Gasteiger partial charge >= 0.3 is 5.97 Å². The number of anilines is 1. The maximum absolute atomic E-state index is 13.7. The molecule has 0 aromatic heterocycles. The van der Waals surface area contributed by atoms with Crippen molar-refractivity contribution in [1.82, 2.24) is 4.90 Å². The second kappa shape index (κ2) is 9.00. The second-order valence-corrected chi connectivity index (χ2v) is 9.32. The normalized spacial score (nSPS) is 23.4. The lowest BCUT2D eigenvalue weighted by Gasteiger charge is -2.48. The zero-order valence-electron chi connectivity index (χ0n) is 19.0. The molecule has 0 N–H and O–H groups in total. The molecule has 3 atom stereocenters. The summed E-state index contributed by atoms with van der Waals surface area (Å²) in [6.45, 7) is 0. The molecular weight excluding hydrogens is 416 g/mol. The van der Waals surface area contributed by atoms with E-state index < -0.39 is 0 Å². The van der Waals surface area contributed by atoms with Crippen molar-refractivity contribution < 1.29 is 19.1 Å². The quantitative estimate of drug-likeness (QED) is 0.613. The molecule has 1 heterocycles. The van der Waals surface area contributed by atoms with Gasteiger partial charge in [-0.05, 0) is 49.4 Å². The molecule has 0 spiro atoms. The maximum atomic E-state index is 13.7. The third-order valence-corrected chi connectivity index (χ3v) is 7.32. The number of esters is 1. The van der Waals surface area contributed by atoms with Gasteiger partial charge in [0, 0.05) is 35.7 Å². The van der Waals surface area contributed by atoms with Gasteiger partial charge in [-0.15, -0.1) is 0 Å².